The number of carbonyl (C=O) groups excluding carboxylic acids is 4. The van der Waals surface area contributed by atoms with E-state index < -0.39 is 24.3 Å². The van der Waals surface area contributed by atoms with Gasteiger partial charge in [-0.15, -0.1) is 0 Å². The minimum atomic E-state index is -0.879. The number of ether oxygens (including phenoxy) is 2. The molecule has 4 atom stereocenters. The number of rotatable bonds is 10. The van der Waals surface area contributed by atoms with E-state index in [0.29, 0.717) is 24.5 Å². The lowest BCUT2D eigenvalue weighted by atomic mass is 9.98. The zero-order chi connectivity index (χ0) is 41.0. The van der Waals surface area contributed by atoms with Crippen LogP contribution in [0, 0.1) is 0 Å². The lowest BCUT2D eigenvalue weighted by Gasteiger charge is -2.28. The van der Waals surface area contributed by atoms with E-state index in [1.54, 1.807) is 22.9 Å². The van der Waals surface area contributed by atoms with Crippen LogP contribution in [-0.4, -0.2) is 87.1 Å². The smallest absolute Gasteiger partial charge is 0.407 e. The summed E-state index contributed by atoms with van der Waals surface area (Å²) in [6.45, 7) is 2.81. The first-order valence-electron chi connectivity index (χ1n) is 19.8. The highest BCUT2D eigenvalue weighted by Crippen LogP contribution is 2.36. The number of hydrogen-bond donors (Lipinski definition) is 4. The first-order chi connectivity index (χ1) is 28.7. The third-order valence-electron chi connectivity index (χ3n) is 11.3. The number of alkyl carbamates (subject to hydrolysis) is 2. The van der Waals surface area contributed by atoms with E-state index in [2.05, 4.69) is 91.0 Å². The Kier molecular flexibility index (Phi) is 11.1. The van der Waals surface area contributed by atoms with Gasteiger partial charge in [-0.3, -0.25) is 9.59 Å². The van der Waals surface area contributed by atoms with E-state index in [-0.39, 0.29) is 23.9 Å². The molecule has 2 saturated heterocycles. The van der Waals surface area contributed by atoms with Gasteiger partial charge in [0.2, 0.25) is 5.91 Å². The number of benzene rings is 4. The molecule has 0 unspecified atom stereocenters. The topological polar surface area (TPSA) is 175 Å². The summed E-state index contributed by atoms with van der Waals surface area (Å²) < 4.78 is 9.49. The molecule has 8 rings (SSSR count). The van der Waals surface area contributed by atoms with Crippen molar-refractivity contribution in [3.63, 3.8) is 0 Å². The second kappa shape index (κ2) is 16.9. The summed E-state index contributed by atoms with van der Waals surface area (Å²) in [6.07, 6.45) is 5.51. The molecular formula is C45H46N8O6. The van der Waals surface area contributed by atoms with Crippen LogP contribution < -0.4 is 10.6 Å². The number of imidazole rings is 2. The maximum atomic E-state index is 13.9. The van der Waals surface area contributed by atoms with Crippen LogP contribution >= 0.6 is 0 Å². The summed E-state index contributed by atoms with van der Waals surface area (Å²) in [5, 5.41) is 7.46. The average molecular weight is 795 g/mol. The van der Waals surface area contributed by atoms with Crippen molar-refractivity contribution in [1.29, 1.82) is 0 Å². The molecule has 2 aliphatic heterocycles. The first kappa shape index (κ1) is 38.9. The molecule has 6 aromatic rings. The van der Waals surface area contributed by atoms with Gasteiger partial charge in [-0.1, -0.05) is 78.9 Å². The van der Waals surface area contributed by atoms with Gasteiger partial charge < -0.3 is 39.9 Å². The number of aromatic nitrogens is 4. The Labute approximate surface area is 341 Å². The Morgan fingerprint density at radius 3 is 1.76 bits per heavy atom. The second-order valence-electron chi connectivity index (χ2n) is 14.9. The van der Waals surface area contributed by atoms with Crippen LogP contribution in [0.3, 0.4) is 0 Å². The van der Waals surface area contributed by atoms with Gasteiger partial charge in [-0.25, -0.2) is 19.6 Å². The first-order valence-corrected chi connectivity index (χ1v) is 19.8. The summed E-state index contributed by atoms with van der Waals surface area (Å²) >= 11 is 0. The average Bonchev–Trinajstić information content (AvgIpc) is 4.12. The maximum Gasteiger partial charge on any atom is 0.407 e. The zero-order valence-corrected chi connectivity index (χ0v) is 33.1. The maximum absolute atomic E-state index is 13.9. The number of methoxy groups -OCH3 is 2. The molecule has 2 fully saturated rings. The molecule has 0 saturated carbocycles. The van der Waals surface area contributed by atoms with Crippen LogP contribution in [0.1, 0.15) is 67.9 Å². The third kappa shape index (κ3) is 8.11. The molecule has 4 heterocycles. The number of nitrogens with zero attached hydrogens (tertiary/aromatic N) is 4. The number of nitrogens with one attached hydrogen (secondary N) is 4. The molecular weight excluding hydrogens is 749 g/mol. The van der Waals surface area contributed by atoms with E-state index in [4.69, 9.17) is 9.72 Å². The van der Waals surface area contributed by atoms with Gasteiger partial charge in [0.25, 0.3) is 5.91 Å². The van der Waals surface area contributed by atoms with Crippen molar-refractivity contribution in [2.75, 3.05) is 27.3 Å². The molecule has 4 aromatic carbocycles. The number of H-pyrrole nitrogens is 2. The summed E-state index contributed by atoms with van der Waals surface area (Å²) in [5.41, 5.74) is 6.51. The van der Waals surface area contributed by atoms with Crippen LogP contribution in [0.5, 0.6) is 0 Å². The minimum absolute atomic E-state index is 0.172. The van der Waals surface area contributed by atoms with E-state index in [0.717, 1.165) is 75.9 Å². The number of likely N-dealkylation sites (tertiary alicyclic amines) is 2. The van der Waals surface area contributed by atoms with Crippen LogP contribution in [0.15, 0.2) is 103 Å². The fourth-order valence-corrected chi connectivity index (χ4v) is 8.19. The molecule has 0 aliphatic carbocycles. The second-order valence-corrected chi connectivity index (χ2v) is 14.9. The Balaban J connectivity index is 0.940. The van der Waals surface area contributed by atoms with Gasteiger partial charge >= 0.3 is 12.2 Å². The molecule has 14 nitrogen and oxygen atoms in total. The van der Waals surface area contributed by atoms with Crippen LogP contribution in [0.4, 0.5) is 9.59 Å². The Morgan fingerprint density at radius 1 is 0.644 bits per heavy atom. The van der Waals surface area contributed by atoms with Gasteiger partial charge in [-0.2, -0.15) is 0 Å². The SMILES string of the molecule is COC(=O)N[C@@H](C)C(=O)N1CCC[C@H]1c1ncc(-c2ccc3cc(-c4ccc(-c5cnc([C@@H]6CCCN6C(=O)[C@H](NC(=O)OC)c6ccccc6)[nH]5)cc4)ccc3c2)[nH]1. The summed E-state index contributed by atoms with van der Waals surface area (Å²) in [5.74, 6) is 1.04. The number of fused-ring (bicyclic) bond motifs is 1. The molecule has 2 aliphatic rings. The molecule has 0 spiro atoms. The van der Waals surface area contributed by atoms with Crippen molar-refractivity contribution in [3.8, 4) is 33.6 Å². The summed E-state index contributed by atoms with van der Waals surface area (Å²) in [6, 6.07) is 28.2. The van der Waals surface area contributed by atoms with Crippen molar-refractivity contribution in [3.05, 3.63) is 121 Å². The van der Waals surface area contributed by atoms with Gasteiger partial charge in [0.05, 0.1) is 50.1 Å². The van der Waals surface area contributed by atoms with Gasteiger partial charge in [0.15, 0.2) is 0 Å². The normalized spacial score (nSPS) is 17.4. The highest BCUT2D eigenvalue weighted by atomic mass is 16.5. The monoisotopic (exact) mass is 794 g/mol. The molecule has 2 aromatic heterocycles. The van der Waals surface area contributed by atoms with Crippen molar-refractivity contribution in [2.24, 2.45) is 0 Å². The minimum Gasteiger partial charge on any atom is -0.453 e. The van der Waals surface area contributed by atoms with E-state index in [1.807, 2.05) is 36.5 Å². The van der Waals surface area contributed by atoms with Crippen LogP contribution in [0.25, 0.3) is 44.4 Å². The number of carbonyl (C=O) groups is 4. The molecule has 0 radical (unpaired) electrons. The molecule has 302 valence electrons. The predicted molar refractivity (Wildman–Crippen MR) is 222 cm³/mol. The fraction of sp³-hybridized carbons (Fsp3) is 0.289. The molecule has 0 bridgehead atoms. The number of amides is 4. The summed E-state index contributed by atoms with van der Waals surface area (Å²) in [7, 11) is 2.55. The van der Waals surface area contributed by atoms with Gasteiger partial charge in [-0.05, 0) is 77.8 Å². The molecule has 4 N–H and O–H groups in total. The molecule has 59 heavy (non-hydrogen) atoms. The standard InChI is InChI=1S/C45H46N8O6/c1-27(48-44(56)58-2)42(54)52-21-7-11-37(52)40-47-26-36(50-40)34-20-19-32-23-31(17-18-33(32)24-34)28-13-15-29(16-14-28)35-25-46-41(49-35)38-12-8-22-53(38)43(55)39(51-45(57)59-3)30-9-5-4-6-10-30/h4-6,9-10,13-20,23-27,37-39H,7-8,11-12,21-22H2,1-3H3,(H,46,49)(H,47,50)(H,48,56)(H,51,57)/t27-,37-,38-,39+/m0/s1. The Hall–Kier alpha value is -6.96. The van der Waals surface area contributed by atoms with Crippen LogP contribution in [0.2, 0.25) is 0 Å². The predicted octanol–water partition coefficient (Wildman–Crippen LogP) is 7.46. The van der Waals surface area contributed by atoms with E-state index in [1.165, 1.54) is 14.2 Å². The van der Waals surface area contributed by atoms with Gasteiger partial charge in [0, 0.05) is 18.7 Å². The highest BCUT2D eigenvalue weighted by Gasteiger charge is 2.37. The third-order valence-corrected chi connectivity index (χ3v) is 11.3. The molecule has 14 heteroatoms. The van der Waals surface area contributed by atoms with Crippen molar-refractivity contribution in [2.45, 2.75) is 56.8 Å². The van der Waals surface area contributed by atoms with E-state index in [9.17, 15) is 19.2 Å². The quantitative estimate of drug-likeness (QED) is 0.111. The van der Waals surface area contributed by atoms with Gasteiger partial charge in [0.1, 0.15) is 23.7 Å². The van der Waals surface area contributed by atoms with E-state index >= 15 is 0 Å². The lowest BCUT2D eigenvalue weighted by Crippen LogP contribution is -2.46. The molecule has 4 amide bonds. The van der Waals surface area contributed by atoms with Crippen molar-refractivity contribution >= 4 is 34.8 Å². The Morgan fingerprint density at radius 2 is 1.15 bits per heavy atom. The highest BCUT2D eigenvalue weighted by molar-refractivity contribution is 5.91. The lowest BCUT2D eigenvalue weighted by molar-refractivity contribution is -0.135. The number of hydrogen-bond acceptors (Lipinski definition) is 8. The van der Waals surface area contributed by atoms with Crippen molar-refractivity contribution in [1.82, 2.24) is 40.4 Å². The fourth-order valence-electron chi connectivity index (χ4n) is 8.19. The summed E-state index contributed by atoms with van der Waals surface area (Å²) in [4.78, 5) is 70.8. The van der Waals surface area contributed by atoms with Crippen LogP contribution in [-0.2, 0) is 19.1 Å². The number of aromatic amines is 2. The van der Waals surface area contributed by atoms with Crippen molar-refractivity contribution < 1.29 is 28.7 Å². The zero-order valence-electron chi connectivity index (χ0n) is 33.1. The largest absolute Gasteiger partial charge is 0.453 e. The Bertz CT molecular complexity index is 2480.